The van der Waals surface area contributed by atoms with Crippen molar-refractivity contribution in [2.45, 2.75) is 66.2 Å². The van der Waals surface area contributed by atoms with Gasteiger partial charge in [0.2, 0.25) is 11.8 Å². The van der Waals surface area contributed by atoms with Crippen LogP contribution in [0.5, 0.6) is 5.88 Å². The van der Waals surface area contributed by atoms with Gasteiger partial charge in [-0.25, -0.2) is 4.68 Å². The Kier molecular flexibility index (Phi) is 6.77. The van der Waals surface area contributed by atoms with Gasteiger partial charge in [-0.2, -0.15) is 10.1 Å². The molecule has 1 aliphatic heterocycles. The SMILES string of the molecule is CCOc1nc2c(c(C)nn2-c2cccc(C)c2)c(C)c1CCC(=O)N1CCCCCC1. The first-order chi connectivity index (χ1) is 15.5. The lowest BCUT2D eigenvalue weighted by Gasteiger charge is -2.21. The van der Waals surface area contributed by atoms with Gasteiger partial charge in [0.05, 0.1) is 18.0 Å². The summed E-state index contributed by atoms with van der Waals surface area (Å²) in [6, 6.07) is 8.26. The third kappa shape index (κ3) is 4.50. The number of carbonyl (C=O) groups is 1. The number of benzene rings is 1. The highest BCUT2D eigenvalue weighted by atomic mass is 16.5. The molecule has 1 fully saturated rings. The number of nitrogens with zero attached hydrogens (tertiary/aromatic N) is 4. The smallest absolute Gasteiger partial charge is 0.222 e. The summed E-state index contributed by atoms with van der Waals surface area (Å²) in [6.45, 7) is 10.5. The Morgan fingerprint density at radius 3 is 2.53 bits per heavy atom. The normalized spacial score (nSPS) is 14.6. The number of amides is 1. The molecule has 1 saturated heterocycles. The van der Waals surface area contributed by atoms with Gasteiger partial charge in [-0.05, 0) is 70.2 Å². The number of pyridine rings is 1. The fourth-order valence-electron chi connectivity index (χ4n) is 4.73. The summed E-state index contributed by atoms with van der Waals surface area (Å²) in [5, 5.41) is 5.86. The van der Waals surface area contributed by atoms with Crippen LogP contribution in [0.1, 0.15) is 61.4 Å². The fraction of sp³-hybridized carbons (Fsp3) is 0.500. The molecule has 0 radical (unpaired) electrons. The monoisotopic (exact) mass is 434 g/mol. The molecule has 0 N–H and O–H groups in total. The second-order valence-electron chi connectivity index (χ2n) is 8.78. The predicted octanol–water partition coefficient (Wildman–Crippen LogP) is 5.08. The lowest BCUT2D eigenvalue weighted by molar-refractivity contribution is -0.131. The van der Waals surface area contributed by atoms with Gasteiger partial charge >= 0.3 is 0 Å². The zero-order valence-corrected chi connectivity index (χ0v) is 19.8. The fourth-order valence-corrected chi connectivity index (χ4v) is 4.73. The Labute approximate surface area is 190 Å². The maximum absolute atomic E-state index is 12.9. The van der Waals surface area contributed by atoms with E-state index in [1.165, 1.54) is 18.4 Å². The molecule has 32 heavy (non-hydrogen) atoms. The summed E-state index contributed by atoms with van der Waals surface area (Å²) in [4.78, 5) is 19.9. The summed E-state index contributed by atoms with van der Waals surface area (Å²) in [5.41, 5.74) is 6.04. The van der Waals surface area contributed by atoms with Gasteiger partial charge in [-0.3, -0.25) is 4.79 Å². The van der Waals surface area contributed by atoms with Crippen LogP contribution in [-0.4, -0.2) is 45.3 Å². The number of ether oxygens (including phenoxy) is 1. The number of hydrogen-bond acceptors (Lipinski definition) is 4. The largest absolute Gasteiger partial charge is 0.478 e. The molecule has 0 unspecified atom stereocenters. The van der Waals surface area contributed by atoms with Gasteiger partial charge < -0.3 is 9.64 Å². The number of aromatic nitrogens is 3. The van der Waals surface area contributed by atoms with Crippen LogP contribution in [0.2, 0.25) is 0 Å². The second kappa shape index (κ2) is 9.72. The van der Waals surface area contributed by atoms with E-state index >= 15 is 0 Å². The van der Waals surface area contributed by atoms with Gasteiger partial charge in [0.1, 0.15) is 0 Å². The Balaban J connectivity index is 1.69. The summed E-state index contributed by atoms with van der Waals surface area (Å²) in [6.07, 6.45) is 5.79. The number of rotatable bonds is 6. The molecule has 3 heterocycles. The molecule has 0 spiro atoms. The highest BCUT2D eigenvalue weighted by Crippen LogP contribution is 2.32. The molecular formula is C26H34N4O2. The van der Waals surface area contributed by atoms with E-state index in [-0.39, 0.29) is 5.91 Å². The lowest BCUT2D eigenvalue weighted by Crippen LogP contribution is -2.32. The average molecular weight is 435 g/mol. The van der Waals surface area contributed by atoms with Crippen molar-refractivity contribution in [2.24, 2.45) is 0 Å². The van der Waals surface area contributed by atoms with Crippen LogP contribution >= 0.6 is 0 Å². The average Bonchev–Trinajstić information content (AvgIpc) is 2.93. The highest BCUT2D eigenvalue weighted by molar-refractivity contribution is 5.86. The molecule has 0 atom stereocenters. The Morgan fingerprint density at radius 1 is 1.09 bits per heavy atom. The van der Waals surface area contributed by atoms with E-state index in [4.69, 9.17) is 14.8 Å². The van der Waals surface area contributed by atoms with Crippen molar-refractivity contribution >= 4 is 16.9 Å². The van der Waals surface area contributed by atoms with Crippen LogP contribution < -0.4 is 4.74 Å². The molecule has 6 nitrogen and oxygen atoms in total. The highest BCUT2D eigenvalue weighted by Gasteiger charge is 2.22. The minimum atomic E-state index is 0.237. The molecule has 6 heteroatoms. The zero-order valence-electron chi connectivity index (χ0n) is 19.8. The minimum Gasteiger partial charge on any atom is -0.478 e. The molecule has 0 bridgehead atoms. The molecule has 1 aliphatic rings. The van der Waals surface area contributed by atoms with E-state index in [0.717, 1.165) is 59.5 Å². The van der Waals surface area contributed by atoms with Crippen molar-refractivity contribution in [3.05, 3.63) is 46.6 Å². The van der Waals surface area contributed by atoms with Crippen LogP contribution in [0, 0.1) is 20.8 Å². The van der Waals surface area contributed by atoms with Crippen LogP contribution in [0.3, 0.4) is 0 Å². The third-order valence-corrected chi connectivity index (χ3v) is 6.40. The molecule has 170 valence electrons. The lowest BCUT2D eigenvalue weighted by atomic mass is 10.0. The van der Waals surface area contributed by atoms with Crippen molar-refractivity contribution < 1.29 is 9.53 Å². The van der Waals surface area contributed by atoms with E-state index in [2.05, 4.69) is 26.0 Å². The number of hydrogen-bond donors (Lipinski definition) is 0. The predicted molar refractivity (Wildman–Crippen MR) is 128 cm³/mol. The summed E-state index contributed by atoms with van der Waals surface area (Å²) in [7, 11) is 0. The van der Waals surface area contributed by atoms with Gasteiger partial charge in [0, 0.05) is 30.5 Å². The summed E-state index contributed by atoms with van der Waals surface area (Å²) >= 11 is 0. The quantitative estimate of drug-likeness (QED) is 0.543. The van der Waals surface area contributed by atoms with Crippen LogP contribution in [-0.2, 0) is 11.2 Å². The zero-order chi connectivity index (χ0) is 22.7. The third-order valence-electron chi connectivity index (χ3n) is 6.40. The van der Waals surface area contributed by atoms with Crippen molar-refractivity contribution in [3.63, 3.8) is 0 Å². The van der Waals surface area contributed by atoms with Gasteiger partial charge in [0.15, 0.2) is 5.65 Å². The number of aryl methyl sites for hydroxylation is 3. The van der Waals surface area contributed by atoms with E-state index < -0.39 is 0 Å². The topological polar surface area (TPSA) is 60.3 Å². The molecule has 1 amide bonds. The Hall–Kier alpha value is -2.89. The standard InChI is InChI=1S/C26H34N4O2/c1-5-32-26-22(13-14-23(31)29-15-8-6-7-9-16-29)19(3)24-20(4)28-30(25(24)27-26)21-12-10-11-18(2)17-21/h10-12,17H,5-9,13-16H2,1-4H3. The minimum absolute atomic E-state index is 0.237. The first kappa shape index (κ1) is 22.3. The molecule has 3 aromatic rings. The molecule has 0 saturated carbocycles. The van der Waals surface area contributed by atoms with Crippen molar-refractivity contribution in [2.75, 3.05) is 19.7 Å². The number of likely N-dealkylation sites (tertiary alicyclic amines) is 1. The van der Waals surface area contributed by atoms with Gasteiger partial charge in [0.25, 0.3) is 0 Å². The van der Waals surface area contributed by atoms with Crippen LogP contribution in [0.4, 0.5) is 0 Å². The number of fused-ring (bicyclic) bond motifs is 1. The van der Waals surface area contributed by atoms with Crippen LogP contribution in [0.25, 0.3) is 16.7 Å². The number of carbonyl (C=O) groups excluding carboxylic acids is 1. The first-order valence-corrected chi connectivity index (χ1v) is 11.9. The summed E-state index contributed by atoms with van der Waals surface area (Å²) < 4.78 is 7.87. The maximum Gasteiger partial charge on any atom is 0.222 e. The van der Waals surface area contributed by atoms with Gasteiger partial charge in [-0.15, -0.1) is 0 Å². The molecule has 2 aromatic heterocycles. The molecule has 4 rings (SSSR count). The van der Waals surface area contributed by atoms with Crippen molar-refractivity contribution in [1.29, 1.82) is 0 Å². The Bertz CT molecular complexity index is 1110. The Morgan fingerprint density at radius 2 is 1.84 bits per heavy atom. The van der Waals surface area contributed by atoms with E-state index in [1.54, 1.807) is 0 Å². The van der Waals surface area contributed by atoms with Crippen molar-refractivity contribution in [1.82, 2.24) is 19.7 Å². The second-order valence-corrected chi connectivity index (χ2v) is 8.78. The van der Waals surface area contributed by atoms with Gasteiger partial charge in [-0.1, -0.05) is 25.0 Å². The van der Waals surface area contributed by atoms with E-state index in [1.807, 2.05) is 35.6 Å². The van der Waals surface area contributed by atoms with E-state index in [0.29, 0.717) is 25.3 Å². The van der Waals surface area contributed by atoms with Crippen LogP contribution in [0.15, 0.2) is 24.3 Å². The molecular weight excluding hydrogens is 400 g/mol. The van der Waals surface area contributed by atoms with Crippen molar-refractivity contribution in [3.8, 4) is 11.6 Å². The summed E-state index contributed by atoms with van der Waals surface area (Å²) in [5.74, 6) is 0.857. The molecule has 0 aliphatic carbocycles. The first-order valence-electron chi connectivity index (χ1n) is 11.9. The maximum atomic E-state index is 12.9. The van der Waals surface area contributed by atoms with E-state index in [9.17, 15) is 4.79 Å². The molecule has 1 aromatic carbocycles.